The summed E-state index contributed by atoms with van der Waals surface area (Å²) in [6.45, 7) is 4.59. The highest BCUT2D eigenvalue weighted by Gasteiger charge is 2.38. The number of hydrogen-bond donors (Lipinski definition) is 1. The van der Waals surface area contributed by atoms with Gasteiger partial charge in [-0.25, -0.2) is 4.98 Å². The Labute approximate surface area is 146 Å². The number of imidazole rings is 1. The Morgan fingerprint density at radius 2 is 2.12 bits per heavy atom. The summed E-state index contributed by atoms with van der Waals surface area (Å²) in [5.41, 5.74) is 1.73. The predicted molar refractivity (Wildman–Crippen MR) is 85.9 cm³/mol. The van der Waals surface area contributed by atoms with Crippen LogP contribution in [0, 0.1) is 5.92 Å². The van der Waals surface area contributed by atoms with Crippen molar-refractivity contribution < 1.29 is 22.5 Å². The fourth-order valence-corrected chi connectivity index (χ4v) is 2.34. The van der Waals surface area contributed by atoms with Crippen molar-refractivity contribution in [3.63, 3.8) is 0 Å². The number of nitrogens with one attached hydrogen (secondary N) is 1. The highest BCUT2D eigenvalue weighted by Crippen LogP contribution is 2.30. The number of hydrogen-bond acceptors (Lipinski definition) is 5. The second kappa shape index (κ2) is 6.77. The normalized spacial score (nSPS) is 12.1. The van der Waals surface area contributed by atoms with E-state index in [1.165, 1.54) is 0 Å². The van der Waals surface area contributed by atoms with Gasteiger partial charge in [0.15, 0.2) is 0 Å². The van der Waals surface area contributed by atoms with Gasteiger partial charge in [0.2, 0.25) is 11.7 Å². The maximum absolute atomic E-state index is 12.6. The average molecular weight is 367 g/mol. The molecule has 3 rings (SSSR count). The first kappa shape index (κ1) is 17.9. The van der Waals surface area contributed by atoms with Crippen molar-refractivity contribution in [2.75, 3.05) is 6.54 Å². The molecule has 138 valence electrons. The molecule has 0 saturated carbocycles. The van der Waals surface area contributed by atoms with Crippen LogP contribution in [-0.4, -0.2) is 32.1 Å². The van der Waals surface area contributed by atoms with Crippen molar-refractivity contribution in [3.8, 4) is 11.4 Å². The standard InChI is InChI=1S/C16H16F3N5O2/c1-9(2)14(25)20-5-6-24-8-21-11-7-10(3-4-12(11)24)13-22-15(26-23-13)16(17,18)19/h3-4,7-9H,5-6H2,1-2H3,(H,20,25). The number of alkyl halides is 3. The first-order valence-electron chi connectivity index (χ1n) is 7.89. The van der Waals surface area contributed by atoms with Gasteiger partial charge in [-0.15, -0.1) is 0 Å². The number of aromatic nitrogens is 4. The molecule has 3 aromatic rings. The smallest absolute Gasteiger partial charge is 0.354 e. The molecule has 0 spiro atoms. The Balaban J connectivity index is 1.77. The fourth-order valence-electron chi connectivity index (χ4n) is 2.34. The number of carbonyl (C=O) groups is 1. The largest absolute Gasteiger partial charge is 0.471 e. The van der Waals surface area contributed by atoms with E-state index < -0.39 is 12.1 Å². The lowest BCUT2D eigenvalue weighted by Crippen LogP contribution is -2.30. The molecule has 0 saturated heterocycles. The summed E-state index contributed by atoms with van der Waals surface area (Å²) in [6, 6.07) is 4.90. The van der Waals surface area contributed by atoms with Gasteiger partial charge < -0.3 is 14.4 Å². The molecule has 2 aromatic heterocycles. The van der Waals surface area contributed by atoms with Crippen LogP contribution in [0.3, 0.4) is 0 Å². The molecular weight excluding hydrogens is 351 g/mol. The Kier molecular flexibility index (Phi) is 4.66. The van der Waals surface area contributed by atoms with E-state index in [0.717, 1.165) is 5.52 Å². The van der Waals surface area contributed by atoms with E-state index in [0.29, 0.717) is 24.2 Å². The zero-order valence-electron chi connectivity index (χ0n) is 14.0. The van der Waals surface area contributed by atoms with Crippen molar-refractivity contribution in [1.82, 2.24) is 25.0 Å². The summed E-state index contributed by atoms with van der Waals surface area (Å²) < 4.78 is 43.8. The summed E-state index contributed by atoms with van der Waals surface area (Å²) in [7, 11) is 0. The molecule has 0 aliphatic carbocycles. The van der Waals surface area contributed by atoms with E-state index in [1.54, 1.807) is 24.5 Å². The second-order valence-corrected chi connectivity index (χ2v) is 6.01. The lowest BCUT2D eigenvalue weighted by molar-refractivity contribution is -0.159. The molecule has 0 atom stereocenters. The first-order chi connectivity index (χ1) is 12.3. The average Bonchev–Trinajstić information content (AvgIpc) is 3.21. The van der Waals surface area contributed by atoms with Gasteiger partial charge in [-0.05, 0) is 18.2 Å². The summed E-state index contributed by atoms with van der Waals surface area (Å²) in [4.78, 5) is 19.2. The third-order valence-electron chi connectivity index (χ3n) is 3.72. The van der Waals surface area contributed by atoms with Gasteiger partial charge in [0.1, 0.15) is 0 Å². The van der Waals surface area contributed by atoms with E-state index in [9.17, 15) is 18.0 Å². The van der Waals surface area contributed by atoms with Gasteiger partial charge in [-0.1, -0.05) is 19.0 Å². The van der Waals surface area contributed by atoms with E-state index in [-0.39, 0.29) is 17.6 Å². The lowest BCUT2D eigenvalue weighted by Gasteiger charge is -2.08. The van der Waals surface area contributed by atoms with Crippen LogP contribution in [0.25, 0.3) is 22.4 Å². The number of amides is 1. The second-order valence-electron chi connectivity index (χ2n) is 6.01. The van der Waals surface area contributed by atoms with Crippen molar-refractivity contribution in [2.45, 2.75) is 26.6 Å². The van der Waals surface area contributed by atoms with Crippen molar-refractivity contribution >= 4 is 16.9 Å². The summed E-state index contributed by atoms with van der Waals surface area (Å²) in [5.74, 6) is -1.67. The molecule has 2 heterocycles. The van der Waals surface area contributed by atoms with Gasteiger partial charge in [0.05, 0.1) is 17.4 Å². The van der Waals surface area contributed by atoms with Crippen molar-refractivity contribution in [2.24, 2.45) is 5.92 Å². The predicted octanol–water partition coefficient (Wildman–Crippen LogP) is 2.88. The van der Waals surface area contributed by atoms with Crippen LogP contribution in [0.15, 0.2) is 29.0 Å². The summed E-state index contributed by atoms with van der Waals surface area (Å²) in [5, 5.41) is 6.18. The first-order valence-corrected chi connectivity index (χ1v) is 7.89. The van der Waals surface area contributed by atoms with Crippen LogP contribution < -0.4 is 5.32 Å². The molecule has 1 N–H and O–H groups in total. The van der Waals surface area contributed by atoms with Crippen LogP contribution in [0.5, 0.6) is 0 Å². The van der Waals surface area contributed by atoms with Gasteiger partial charge in [0, 0.05) is 24.6 Å². The lowest BCUT2D eigenvalue weighted by atomic mass is 10.2. The maximum atomic E-state index is 12.6. The van der Waals surface area contributed by atoms with E-state index >= 15 is 0 Å². The van der Waals surface area contributed by atoms with Gasteiger partial charge in [-0.2, -0.15) is 18.2 Å². The third kappa shape index (κ3) is 3.68. The molecule has 26 heavy (non-hydrogen) atoms. The summed E-state index contributed by atoms with van der Waals surface area (Å²) >= 11 is 0. The van der Waals surface area contributed by atoms with Crippen LogP contribution in [0.4, 0.5) is 13.2 Å². The molecule has 0 aliphatic heterocycles. The molecule has 7 nitrogen and oxygen atoms in total. The SMILES string of the molecule is CC(C)C(=O)NCCn1cnc2cc(-c3noc(C(F)(F)F)n3)ccc21. The van der Waals surface area contributed by atoms with E-state index in [2.05, 4.69) is 25.0 Å². The quantitative estimate of drug-likeness (QED) is 0.749. The molecule has 0 bridgehead atoms. The molecule has 0 aliphatic rings. The zero-order chi connectivity index (χ0) is 18.9. The van der Waals surface area contributed by atoms with Gasteiger partial charge >= 0.3 is 12.1 Å². The highest BCUT2D eigenvalue weighted by molar-refractivity contribution is 5.80. The van der Waals surface area contributed by atoms with Crippen LogP contribution in [-0.2, 0) is 17.5 Å². The number of nitrogens with zero attached hydrogens (tertiary/aromatic N) is 4. The molecule has 1 amide bonds. The van der Waals surface area contributed by atoms with Gasteiger partial charge in [0.25, 0.3) is 0 Å². The molecule has 10 heteroatoms. The Bertz CT molecular complexity index is 930. The Hall–Kier alpha value is -2.91. The molecule has 0 unspecified atom stereocenters. The minimum atomic E-state index is -4.68. The van der Waals surface area contributed by atoms with E-state index in [4.69, 9.17) is 0 Å². The number of fused-ring (bicyclic) bond motifs is 1. The van der Waals surface area contributed by atoms with Crippen molar-refractivity contribution in [1.29, 1.82) is 0 Å². The van der Waals surface area contributed by atoms with E-state index in [1.807, 2.05) is 18.4 Å². The molecule has 0 radical (unpaired) electrons. The van der Waals surface area contributed by atoms with Crippen LogP contribution in [0.2, 0.25) is 0 Å². The minimum absolute atomic E-state index is 0.0331. The van der Waals surface area contributed by atoms with Gasteiger partial charge in [-0.3, -0.25) is 4.79 Å². The summed E-state index contributed by atoms with van der Waals surface area (Å²) in [6.07, 6.45) is -3.08. The Morgan fingerprint density at radius 1 is 1.35 bits per heavy atom. The van der Waals surface area contributed by atoms with Crippen LogP contribution in [0.1, 0.15) is 19.7 Å². The topological polar surface area (TPSA) is 85.8 Å². The minimum Gasteiger partial charge on any atom is -0.354 e. The highest BCUT2D eigenvalue weighted by atomic mass is 19.4. The van der Waals surface area contributed by atoms with Crippen LogP contribution >= 0.6 is 0 Å². The monoisotopic (exact) mass is 367 g/mol. The number of carbonyl (C=O) groups excluding carboxylic acids is 1. The zero-order valence-corrected chi connectivity index (χ0v) is 14.0. The fraction of sp³-hybridized carbons (Fsp3) is 0.375. The maximum Gasteiger partial charge on any atom is 0.471 e. The molecular formula is C16H16F3N5O2. The number of benzene rings is 1. The molecule has 1 aromatic carbocycles. The number of rotatable bonds is 5. The molecule has 0 fully saturated rings. The Morgan fingerprint density at radius 3 is 2.77 bits per heavy atom. The van der Waals surface area contributed by atoms with Crippen molar-refractivity contribution in [3.05, 3.63) is 30.4 Å². The third-order valence-corrected chi connectivity index (χ3v) is 3.72. The number of halogens is 3.